The summed E-state index contributed by atoms with van der Waals surface area (Å²) in [5, 5.41) is 11.9. The van der Waals surface area contributed by atoms with Crippen LogP contribution in [0.25, 0.3) is 0 Å². The SMILES string of the molecule is CCC1=C(N(OON)C(C)(C)CC)CC(C)(O)C1. The highest BCUT2D eigenvalue weighted by molar-refractivity contribution is 5.24. The van der Waals surface area contributed by atoms with Crippen LogP contribution in [0.3, 0.4) is 0 Å². The second-order valence-electron chi connectivity index (χ2n) is 5.89. The lowest BCUT2D eigenvalue weighted by molar-refractivity contribution is -0.440. The first kappa shape index (κ1) is 15.4. The number of hydroxylamine groups is 2. The molecule has 0 aliphatic heterocycles. The molecule has 0 amide bonds. The fourth-order valence-electron chi connectivity index (χ4n) is 2.35. The van der Waals surface area contributed by atoms with Gasteiger partial charge in [-0.2, -0.15) is 5.90 Å². The molecular weight excluding hydrogens is 232 g/mol. The van der Waals surface area contributed by atoms with Gasteiger partial charge in [0, 0.05) is 12.1 Å². The van der Waals surface area contributed by atoms with Crippen LogP contribution in [-0.4, -0.2) is 21.3 Å². The third-order valence-electron chi connectivity index (χ3n) is 3.76. The minimum atomic E-state index is -0.708. The van der Waals surface area contributed by atoms with E-state index in [1.807, 2.05) is 6.92 Å². The first-order chi connectivity index (χ1) is 8.27. The number of hydrogen-bond donors (Lipinski definition) is 2. The van der Waals surface area contributed by atoms with Gasteiger partial charge in [-0.3, -0.25) is 0 Å². The molecule has 1 aliphatic carbocycles. The second-order valence-corrected chi connectivity index (χ2v) is 5.89. The molecule has 1 atom stereocenters. The number of nitrogens with two attached hydrogens (primary N) is 1. The van der Waals surface area contributed by atoms with Crippen LogP contribution >= 0.6 is 0 Å². The van der Waals surface area contributed by atoms with E-state index in [0.717, 1.165) is 18.5 Å². The van der Waals surface area contributed by atoms with E-state index in [2.05, 4.69) is 32.7 Å². The topological polar surface area (TPSA) is 68.0 Å². The number of nitrogens with zero attached hydrogens (tertiary/aromatic N) is 1. The molecule has 0 aromatic rings. The zero-order valence-electron chi connectivity index (χ0n) is 12.1. The standard InChI is InChI=1S/C13H26N2O3/c1-6-10-8-13(5,16)9-11(10)15(18-17-14)12(3,4)7-2/h16H,6-9,14H2,1-5H3. The van der Waals surface area contributed by atoms with Crippen molar-refractivity contribution in [3.63, 3.8) is 0 Å². The third-order valence-corrected chi connectivity index (χ3v) is 3.76. The summed E-state index contributed by atoms with van der Waals surface area (Å²) in [7, 11) is 0. The summed E-state index contributed by atoms with van der Waals surface area (Å²) in [4.78, 5) is 9.52. The Hall–Kier alpha value is -0.620. The van der Waals surface area contributed by atoms with Crippen molar-refractivity contribution in [3.8, 4) is 0 Å². The average Bonchev–Trinajstić information content (AvgIpc) is 2.60. The van der Waals surface area contributed by atoms with Gasteiger partial charge in [0.25, 0.3) is 0 Å². The highest BCUT2D eigenvalue weighted by Gasteiger charge is 2.39. The molecule has 0 heterocycles. The van der Waals surface area contributed by atoms with E-state index < -0.39 is 5.60 Å². The van der Waals surface area contributed by atoms with Gasteiger partial charge >= 0.3 is 0 Å². The predicted octanol–water partition coefficient (Wildman–Crippen LogP) is 2.42. The van der Waals surface area contributed by atoms with E-state index in [-0.39, 0.29) is 5.54 Å². The van der Waals surface area contributed by atoms with Crippen molar-refractivity contribution in [1.29, 1.82) is 0 Å². The lowest BCUT2D eigenvalue weighted by atomic mass is 9.99. The summed E-state index contributed by atoms with van der Waals surface area (Å²) in [6, 6.07) is 0. The van der Waals surface area contributed by atoms with Gasteiger partial charge in [0.2, 0.25) is 0 Å². The Bertz CT molecular complexity index is 324. The molecule has 1 aliphatic rings. The van der Waals surface area contributed by atoms with Crippen molar-refractivity contribution >= 4 is 0 Å². The van der Waals surface area contributed by atoms with Crippen LogP contribution in [0.5, 0.6) is 0 Å². The summed E-state index contributed by atoms with van der Waals surface area (Å²) >= 11 is 0. The summed E-state index contributed by atoms with van der Waals surface area (Å²) in [5.74, 6) is 5.05. The number of hydrogen-bond acceptors (Lipinski definition) is 5. The average molecular weight is 258 g/mol. The maximum atomic E-state index is 10.2. The van der Waals surface area contributed by atoms with Crippen molar-refractivity contribution in [1.82, 2.24) is 5.06 Å². The molecule has 106 valence electrons. The van der Waals surface area contributed by atoms with Crippen LogP contribution in [-0.2, 0) is 9.98 Å². The van der Waals surface area contributed by atoms with Crippen molar-refractivity contribution in [3.05, 3.63) is 11.3 Å². The Morgan fingerprint density at radius 2 is 2.00 bits per heavy atom. The highest BCUT2D eigenvalue weighted by atomic mass is 17.3. The quantitative estimate of drug-likeness (QED) is 0.565. The molecule has 3 N–H and O–H groups in total. The molecule has 0 aromatic carbocycles. The molecule has 0 saturated carbocycles. The summed E-state index contributed by atoms with van der Waals surface area (Å²) in [6.45, 7) is 10.1. The van der Waals surface area contributed by atoms with Gasteiger partial charge in [-0.1, -0.05) is 18.8 Å². The Balaban J connectivity index is 3.05. The van der Waals surface area contributed by atoms with Crippen LogP contribution in [0.15, 0.2) is 11.3 Å². The molecule has 1 unspecified atom stereocenters. The lowest BCUT2D eigenvalue weighted by Crippen LogP contribution is -2.43. The Morgan fingerprint density at radius 3 is 2.44 bits per heavy atom. The zero-order chi connectivity index (χ0) is 14.0. The largest absolute Gasteiger partial charge is 0.389 e. The smallest absolute Gasteiger partial charge is 0.0712 e. The first-order valence-corrected chi connectivity index (χ1v) is 6.54. The van der Waals surface area contributed by atoms with Crippen molar-refractivity contribution in [2.24, 2.45) is 5.90 Å². The molecule has 0 saturated heterocycles. The molecular formula is C13H26N2O3. The summed E-state index contributed by atoms with van der Waals surface area (Å²) < 4.78 is 0. The van der Waals surface area contributed by atoms with Crippen LogP contribution in [0.1, 0.15) is 60.3 Å². The third kappa shape index (κ3) is 3.23. The molecule has 5 nitrogen and oxygen atoms in total. The van der Waals surface area contributed by atoms with Gasteiger partial charge in [-0.05, 0) is 45.6 Å². The fourth-order valence-corrected chi connectivity index (χ4v) is 2.35. The van der Waals surface area contributed by atoms with Crippen molar-refractivity contribution in [2.75, 3.05) is 0 Å². The highest BCUT2D eigenvalue weighted by Crippen LogP contribution is 2.41. The van der Waals surface area contributed by atoms with Gasteiger partial charge in [0.1, 0.15) is 0 Å². The fraction of sp³-hybridized carbons (Fsp3) is 0.846. The van der Waals surface area contributed by atoms with E-state index in [1.165, 1.54) is 5.57 Å². The van der Waals surface area contributed by atoms with Crippen LogP contribution in [0.2, 0.25) is 0 Å². The van der Waals surface area contributed by atoms with Gasteiger partial charge in [0.15, 0.2) is 0 Å². The maximum absolute atomic E-state index is 10.2. The molecule has 0 bridgehead atoms. The molecule has 0 aromatic heterocycles. The summed E-state index contributed by atoms with van der Waals surface area (Å²) in [5.41, 5.74) is 1.23. The van der Waals surface area contributed by atoms with Gasteiger partial charge in [0.05, 0.1) is 11.1 Å². The molecule has 18 heavy (non-hydrogen) atoms. The van der Waals surface area contributed by atoms with Crippen LogP contribution in [0, 0.1) is 0 Å². The second kappa shape index (κ2) is 5.57. The molecule has 5 heteroatoms. The van der Waals surface area contributed by atoms with E-state index >= 15 is 0 Å². The molecule has 0 spiro atoms. The first-order valence-electron chi connectivity index (χ1n) is 6.54. The molecule has 0 radical (unpaired) electrons. The van der Waals surface area contributed by atoms with E-state index in [0.29, 0.717) is 12.8 Å². The molecule has 1 rings (SSSR count). The van der Waals surface area contributed by atoms with Crippen molar-refractivity contribution in [2.45, 2.75) is 71.4 Å². The van der Waals surface area contributed by atoms with E-state index in [9.17, 15) is 5.11 Å². The number of rotatable bonds is 6. The predicted molar refractivity (Wildman–Crippen MR) is 69.7 cm³/mol. The van der Waals surface area contributed by atoms with Crippen molar-refractivity contribution < 1.29 is 15.1 Å². The van der Waals surface area contributed by atoms with Crippen LogP contribution in [0.4, 0.5) is 0 Å². The summed E-state index contributed by atoms with van der Waals surface area (Å²) in [6.07, 6.45) is 2.99. The maximum Gasteiger partial charge on any atom is 0.0712 e. The monoisotopic (exact) mass is 258 g/mol. The Kier molecular flexibility index (Phi) is 4.78. The lowest BCUT2D eigenvalue weighted by Gasteiger charge is -2.37. The van der Waals surface area contributed by atoms with Gasteiger partial charge < -0.3 is 5.11 Å². The normalized spacial score (nSPS) is 24.8. The van der Waals surface area contributed by atoms with E-state index in [4.69, 9.17) is 10.9 Å². The molecule has 0 fully saturated rings. The van der Waals surface area contributed by atoms with Gasteiger partial charge in [-0.15, -0.1) is 4.99 Å². The minimum Gasteiger partial charge on any atom is -0.389 e. The Morgan fingerprint density at radius 1 is 1.39 bits per heavy atom. The zero-order valence-corrected chi connectivity index (χ0v) is 12.1. The minimum absolute atomic E-state index is 0.241. The number of aliphatic hydroxyl groups is 1. The Labute approximate surface area is 109 Å². The van der Waals surface area contributed by atoms with Crippen LogP contribution < -0.4 is 5.90 Å². The van der Waals surface area contributed by atoms with E-state index in [1.54, 1.807) is 5.06 Å². The van der Waals surface area contributed by atoms with Gasteiger partial charge in [-0.25, -0.2) is 5.06 Å².